The second-order valence-electron chi connectivity index (χ2n) is 4.18. The van der Waals surface area contributed by atoms with Crippen LogP contribution < -0.4 is 0 Å². The average Bonchev–Trinajstić information content (AvgIpc) is 2.27. The molecule has 0 amide bonds. The van der Waals surface area contributed by atoms with Gasteiger partial charge in [0.2, 0.25) is 0 Å². The number of hydrogen-bond acceptors (Lipinski definition) is 3. The highest BCUT2D eigenvalue weighted by Gasteiger charge is 2.13. The number of rotatable bonds is 6. The van der Waals surface area contributed by atoms with Gasteiger partial charge in [0, 0.05) is 13.0 Å². The molecule has 0 aliphatic carbocycles. The van der Waals surface area contributed by atoms with E-state index in [2.05, 4.69) is 0 Å². The summed E-state index contributed by atoms with van der Waals surface area (Å²) in [5.41, 5.74) is 1.98. The molecule has 1 rings (SSSR count). The van der Waals surface area contributed by atoms with Gasteiger partial charge in [-0.25, -0.2) is 0 Å². The molecule has 0 aromatic heterocycles. The fourth-order valence-electron chi connectivity index (χ4n) is 1.63. The quantitative estimate of drug-likeness (QED) is 0.687. The van der Waals surface area contributed by atoms with Crippen LogP contribution in [0.2, 0.25) is 0 Å². The maximum atomic E-state index is 9.86. The highest BCUT2D eigenvalue weighted by molar-refractivity contribution is 5.23. The van der Waals surface area contributed by atoms with Gasteiger partial charge in [0.05, 0.1) is 12.2 Å². The molecule has 0 fully saturated rings. The Balaban J connectivity index is 2.45. The maximum absolute atomic E-state index is 9.86. The van der Waals surface area contributed by atoms with Crippen LogP contribution in [0.3, 0.4) is 0 Å². The minimum atomic E-state index is -0.630. The van der Waals surface area contributed by atoms with Crippen molar-refractivity contribution in [1.29, 1.82) is 0 Å². The van der Waals surface area contributed by atoms with Crippen molar-refractivity contribution in [2.75, 3.05) is 6.61 Å². The Labute approximate surface area is 96.4 Å². The third kappa shape index (κ3) is 4.31. The lowest BCUT2D eigenvalue weighted by Gasteiger charge is -2.15. The standard InChI is InChI=1S/C13H20O3/c1-10-4-6-11(7-5-10)13(16)9-12(15)3-2-8-14/h4-7,12-16H,2-3,8-9H2,1H3/t12-,13-/m0/s1. The van der Waals surface area contributed by atoms with Crippen molar-refractivity contribution in [2.45, 2.75) is 38.4 Å². The van der Waals surface area contributed by atoms with Crippen molar-refractivity contribution < 1.29 is 15.3 Å². The van der Waals surface area contributed by atoms with E-state index in [1.165, 1.54) is 0 Å². The number of aliphatic hydroxyl groups excluding tert-OH is 3. The first-order chi connectivity index (χ1) is 7.63. The van der Waals surface area contributed by atoms with E-state index in [0.29, 0.717) is 19.3 Å². The predicted molar refractivity (Wildman–Crippen MR) is 63.1 cm³/mol. The minimum Gasteiger partial charge on any atom is -0.396 e. The van der Waals surface area contributed by atoms with Gasteiger partial charge in [0.15, 0.2) is 0 Å². The van der Waals surface area contributed by atoms with E-state index in [9.17, 15) is 10.2 Å². The maximum Gasteiger partial charge on any atom is 0.0814 e. The Morgan fingerprint density at radius 1 is 1.12 bits per heavy atom. The molecule has 3 nitrogen and oxygen atoms in total. The minimum absolute atomic E-state index is 0.0810. The molecule has 0 unspecified atom stereocenters. The van der Waals surface area contributed by atoms with Crippen molar-refractivity contribution in [2.24, 2.45) is 0 Å². The summed E-state index contributed by atoms with van der Waals surface area (Å²) >= 11 is 0. The van der Waals surface area contributed by atoms with Crippen molar-refractivity contribution in [1.82, 2.24) is 0 Å². The molecule has 0 heterocycles. The molecular formula is C13H20O3. The first-order valence-corrected chi connectivity index (χ1v) is 5.67. The fraction of sp³-hybridized carbons (Fsp3) is 0.538. The second kappa shape index (κ2) is 6.63. The molecule has 1 aromatic carbocycles. The second-order valence-corrected chi connectivity index (χ2v) is 4.18. The lowest BCUT2D eigenvalue weighted by atomic mass is 10.0. The van der Waals surface area contributed by atoms with Crippen LogP contribution in [0.25, 0.3) is 0 Å². The summed E-state index contributed by atoms with van der Waals surface area (Å²) in [6.45, 7) is 2.07. The molecule has 0 saturated carbocycles. The molecule has 2 atom stereocenters. The van der Waals surface area contributed by atoms with Crippen LogP contribution in [0.4, 0.5) is 0 Å². The lowest BCUT2D eigenvalue weighted by molar-refractivity contribution is 0.0708. The molecule has 16 heavy (non-hydrogen) atoms. The summed E-state index contributed by atoms with van der Waals surface area (Å²) in [5.74, 6) is 0. The van der Waals surface area contributed by atoms with Gasteiger partial charge in [-0.3, -0.25) is 0 Å². The molecule has 0 aliphatic heterocycles. The van der Waals surface area contributed by atoms with Gasteiger partial charge >= 0.3 is 0 Å². The summed E-state index contributed by atoms with van der Waals surface area (Å²) in [6.07, 6.45) is 0.238. The lowest BCUT2D eigenvalue weighted by Crippen LogP contribution is -2.12. The van der Waals surface area contributed by atoms with Crippen LogP contribution in [-0.2, 0) is 0 Å². The normalized spacial score (nSPS) is 14.8. The molecule has 3 heteroatoms. The number of hydrogen-bond donors (Lipinski definition) is 3. The highest BCUT2D eigenvalue weighted by Crippen LogP contribution is 2.20. The van der Waals surface area contributed by atoms with E-state index in [-0.39, 0.29) is 6.61 Å². The SMILES string of the molecule is Cc1ccc([C@@H](O)C[C@@H](O)CCCO)cc1. The Bertz CT molecular complexity index is 295. The number of benzene rings is 1. The summed E-state index contributed by atoms with van der Waals surface area (Å²) in [7, 11) is 0. The van der Waals surface area contributed by atoms with Crippen molar-refractivity contribution in [3.05, 3.63) is 35.4 Å². The molecular weight excluding hydrogens is 204 g/mol. The van der Waals surface area contributed by atoms with Crippen molar-refractivity contribution in [3.8, 4) is 0 Å². The van der Waals surface area contributed by atoms with Gasteiger partial charge in [-0.1, -0.05) is 29.8 Å². The molecule has 0 saturated heterocycles. The summed E-state index contributed by atoms with van der Waals surface area (Å²) in [5, 5.41) is 28.1. The van der Waals surface area contributed by atoms with Gasteiger partial charge in [-0.2, -0.15) is 0 Å². The number of aryl methyl sites for hydroxylation is 1. The third-order valence-corrected chi connectivity index (χ3v) is 2.65. The predicted octanol–water partition coefficient (Wildman–Crippen LogP) is 1.55. The largest absolute Gasteiger partial charge is 0.396 e. The van der Waals surface area contributed by atoms with E-state index >= 15 is 0 Å². The molecule has 0 aliphatic rings. The summed E-state index contributed by atoms with van der Waals surface area (Å²) in [6, 6.07) is 7.63. The zero-order valence-corrected chi connectivity index (χ0v) is 9.63. The van der Waals surface area contributed by atoms with Gasteiger partial charge in [-0.15, -0.1) is 0 Å². The van der Waals surface area contributed by atoms with E-state index < -0.39 is 12.2 Å². The zero-order valence-electron chi connectivity index (χ0n) is 9.63. The Morgan fingerprint density at radius 3 is 2.31 bits per heavy atom. The first kappa shape index (κ1) is 13.2. The Morgan fingerprint density at radius 2 is 1.75 bits per heavy atom. The monoisotopic (exact) mass is 224 g/mol. The molecule has 0 radical (unpaired) electrons. The van der Waals surface area contributed by atoms with Crippen LogP contribution >= 0.6 is 0 Å². The third-order valence-electron chi connectivity index (χ3n) is 2.65. The van der Waals surface area contributed by atoms with Gasteiger partial charge in [-0.05, 0) is 25.3 Å². The van der Waals surface area contributed by atoms with Crippen LogP contribution in [0.1, 0.15) is 36.5 Å². The molecule has 90 valence electrons. The zero-order chi connectivity index (χ0) is 12.0. The van der Waals surface area contributed by atoms with Crippen LogP contribution in [0, 0.1) is 6.92 Å². The molecule has 0 bridgehead atoms. The Hall–Kier alpha value is -0.900. The van der Waals surface area contributed by atoms with Crippen molar-refractivity contribution >= 4 is 0 Å². The fourth-order valence-corrected chi connectivity index (χ4v) is 1.63. The van der Waals surface area contributed by atoms with Gasteiger partial charge < -0.3 is 15.3 Å². The van der Waals surface area contributed by atoms with Crippen LogP contribution in [0.15, 0.2) is 24.3 Å². The summed E-state index contributed by atoms with van der Waals surface area (Å²) in [4.78, 5) is 0. The topological polar surface area (TPSA) is 60.7 Å². The van der Waals surface area contributed by atoms with Gasteiger partial charge in [0.1, 0.15) is 0 Å². The van der Waals surface area contributed by atoms with Crippen molar-refractivity contribution in [3.63, 3.8) is 0 Å². The van der Waals surface area contributed by atoms with E-state index in [0.717, 1.165) is 11.1 Å². The Kier molecular flexibility index (Phi) is 5.46. The van der Waals surface area contributed by atoms with E-state index in [1.54, 1.807) is 0 Å². The molecule has 1 aromatic rings. The summed E-state index contributed by atoms with van der Waals surface area (Å²) < 4.78 is 0. The smallest absolute Gasteiger partial charge is 0.0814 e. The number of aliphatic hydroxyl groups is 3. The highest BCUT2D eigenvalue weighted by atomic mass is 16.3. The molecule has 0 spiro atoms. The van der Waals surface area contributed by atoms with E-state index in [4.69, 9.17) is 5.11 Å². The van der Waals surface area contributed by atoms with E-state index in [1.807, 2.05) is 31.2 Å². The van der Waals surface area contributed by atoms with Gasteiger partial charge in [0.25, 0.3) is 0 Å². The van der Waals surface area contributed by atoms with Crippen LogP contribution in [-0.4, -0.2) is 28.0 Å². The van der Waals surface area contributed by atoms with Crippen LogP contribution in [0.5, 0.6) is 0 Å². The molecule has 3 N–H and O–H groups in total. The first-order valence-electron chi connectivity index (χ1n) is 5.67. The average molecular weight is 224 g/mol.